The average molecular weight is 335 g/mol. The summed E-state index contributed by atoms with van der Waals surface area (Å²) < 4.78 is 32.5. The normalized spacial score (nSPS) is 22.1. The first-order valence-corrected chi connectivity index (χ1v) is 8.25. The molecular formula is C16H27F2NO4. The van der Waals surface area contributed by atoms with Crippen molar-refractivity contribution in [1.29, 1.82) is 0 Å². The number of nitrogens with one attached hydrogen (secondary N) is 1. The van der Waals surface area contributed by atoms with Crippen LogP contribution in [0.15, 0.2) is 0 Å². The molecule has 0 heterocycles. The highest BCUT2D eigenvalue weighted by molar-refractivity contribution is 5.78. The second-order valence-corrected chi connectivity index (χ2v) is 6.22. The summed E-state index contributed by atoms with van der Waals surface area (Å²) >= 11 is 0. The van der Waals surface area contributed by atoms with Crippen LogP contribution in [0.25, 0.3) is 0 Å². The molecule has 0 spiro atoms. The number of rotatable bonds is 9. The van der Waals surface area contributed by atoms with Gasteiger partial charge in [0.1, 0.15) is 0 Å². The molecule has 0 radical (unpaired) electrons. The molecule has 0 amide bonds. The predicted octanol–water partition coefficient (Wildman–Crippen LogP) is 2.83. The third-order valence-electron chi connectivity index (χ3n) is 5.03. The summed E-state index contributed by atoms with van der Waals surface area (Å²) in [6.45, 7) is 5.29. The van der Waals surface area contributed by atoms with Crippen LogP contribution >= 0.6 is 0 Å². The van der Waals surface area contributed by atoms with E-state index in [0.29, 0.717) is 19.3 Å². The monoisotopic (exact) mass is 335 g/mol. The first-order valence-electron chi connectivity index (χ1n) is 8.25. The van der Waals surface area contributed by atoms with Crippen LogP contribution < -0.4 is 5.32 Å². The zero-order chi connectivity index (χ0) is 17.7. The minimum absolute atomic E-state index is 0.0725. The zero-order valence-corrected chi connectivity index (χ0v) is 14.0. The molecule has 7 heteroatoms. The molecule has 0 aromatic carbocycles. The number of halogens is 2. The minimum atomic E-state index is -3.48. The largest absolute Gasteiger partial charge is 0.481 e. The van der Waals surface area contributed by atoms with Gasteiger partial charge in [0.05, 0.1) is 12.0 Å². The quantitative estimate of drug-likeness (QED) is 0.634. The van der Waals surface area contributed by atoms with E-state index in [2.05, 4.69) is 10.1 Å². The Morgan fingerprint density at radius 3 is 2.30 bits per heavy atom. The van der Waals surface area contributed by atoms with E-state index >= 15 is 0 Å². The third kappa shape index (κ3) is 4.40. The lowest BCUT2D eigenvalue weighted by Gasteiger charge is -2.29. The first kappa shape index (κ1) is 19.8. The molecule has 1 saturated carbocycles. The highest BCUT2D eigenvalue weighted by Crippen LogP contribution is 2.39. The van der Waals surface area contributed by atoms with Gasteiger partial charge in [-0.05, 0) is 39.0 Å². The summed E-state index contributed by atoms with van der Waals surface area (Å²) in [6.07, 6.45) is 1.82. The van der Waals surface area contributed by atoms with Crippen molar-refractivity contribution >= 4 is 11.9 Å². The molecule has 134 valence electrons. The van der Waals surface area contributed by atoms with Crippen LogP contribution in [-0.4, -0.2) is 42.2 Å². The van der Waals surface area contributed by atoms with Crippen molar-refractivity contribution in [3.8, 4) is 0 Å². The van der Waals surface area contributed by atoms with Crippen molar-refractivity contribution in [2.45, 2.75) is 64.8 Å². The molecule has 2 atom stereocenters. The van der Waals surface area contributed by atoms with Crippen molar-refractivity contribution in [1.82, 2.24) is 5.32 Å². The lowest BCUT2D eigenvalue weighted by molar-refractivity contribution is -0.179. The maximum atomic E-state index is 14.0. The van der Waals surface area contributed by atoms with Gasteiger partial charge >= 0.3 is 17.9 Å². The fourth-order valence-corrected chi connectivity index (χ4v) is 3.11. The number of hydrogen-bond acceptors (Lipinski definition) is 4. The topological polar surface area (TPSA) is 75.6 Å². The number of esters is 1. The smallest absolute Gasteiger partial charge is 0.377 e. The summed E-state index contributed by atoms with van der Waals surface area (Å²) in [7, 11) is 0. The molecule has 2 N–H and O–H groups in total. The van der Waals surface area contributed by atoms with Gasteiger partial charge in [0.2, 0.25) is 0 Å². The molecule has 0 aromatic rings. The molecule has 0 saturated heterocycles. The SMILES string of the molecule is CCOC(=O)C(F)(F)C1CCC(NCC(CC)(CC)C(=O)O)C1. The maximum Gasteiger partial charge on any atom is 0.377 e. The second-order valence-electron chi connectivity index (χ2n) is 6.22. The van der Waals surface area contributed by atoms with Gasteiger partial charge in [-0.1, -0.05) is 13.8 Å². The average Bonchev–Trinajstić information content (AvgIpc) is 2.98. The summed E-state index contributed by atoms with van der Waals surface area (Å²) in [5, 5.41) is 12.5. The molecule has 1 aliphatic rings. The van der Waals surface area contributed by atoms with Crippen LogP contribution in [0.5, 0.6) is 0 Å². The van der Waals surface area contributed by atoms with Crippen molar-refractivity contribution < 1.29 is 28.2 Å². The van der Waals surface area contributed by atoms with E-state index in [1.165, 1.54) is 6.92 Å². The number of carbonyl (C=O) groups excluding carboxylic acids is 1. The van der Waals surface area contributed by atoms with Gasteiger partial charge in [0, 0.05) is 18.5 Å². The summed E-state index contributed by atoms with van der Waals surface area (Å²) in [5.74, 6) is -6.87. The first-order chi connectivity index (χ1) is 10.7. The minimum Gasteiger partial charge on any atom is -0.481 e. The molecule has 0 aliphatic heterocycles. The Kier molecular flexibility index (Phi) is 6.92. The van der Waals surface area contributed by atoms with Gasteiger partial charge in [-0.15, -0.1) is 0 Å². The Labute approximate surface area is 135 Å². The number of aliphatic carboxylic acids is 1. The number of carbonyl (C=O) groups is 2. The number of carboxylic acids is 1. The number of hydrogen-bond donors (Lipinski definition) is 2. The van der Waals surface area contributed by atoms with Gasteiger partial charge in [0.25, 0.3) is 0 Å². The van der Waals surface area contributed by atoms with Crippen LogP contribution in [0.4, 0.5) is 8.78 Å². The van der Waals surface area contributed by atoms with Crippen LogP contribution in [-0.2, 0) is 14.3 Å². The van der Waals surface area contributed by atoms with Gasteiger partial charge in [-0.2, -0.15) is 8.78 Å². The van der Waals surface area contributed by atoms with Crippen molar-refractivity contribution in [3.05, 3.63) is 0 Å². The van der Waals surface area contributed by atoms with E-state index in [4.69, 9.17) is 0 Å². The number of alkyl halides is 2. The highest BCUT2D eigenvalue weighted by Gasteiger charge is 2.51. The number of carboxylic acid groups (broad SMARTS) is 1. The highest BCUT2D eigenvalue weighted by atomic mass is 19.3. The molecule has 2 unspecified atom stereocenters. The Morgan fingerprint density at radius 1 is 1.22 bits per heavy atom. The standard InChI is InChI=1S/C16H27F2NO4/c1-4-15(5-2,13(20)21)10-19-12-8-7-11(9-12)16(17,18)14(22)23-6-3/h11-12,19H,4-10H2,1-3H3,(H,20,21). The van der Waals surface area contributed by atoms with Crippen LogP contribution in [0, 0.1) is 11.3 Å². The lowest BCUT2D eigenvalue weighted by atomic mass is 9.82. The van der Waals surface area contributed by atoms with E-state index in [1.54, 1.807) is 0 Å². The molecule has 1 aliphatic carbocycles. The Balaban J connectivity index is 2.61. The van der Waals surface area contributed by atoms with E-state index in [0.717, 1.165) is 0 Å². The lowest BCUT2D eigenvalue weighted by Crippen LogP contribution is -2.44. The van der Waals surface area contributed by atoms with E-state index in [1.807, 2.05) is 13.8 Å². The molecule has 1 fully saturated rings. The molecule has 23 heavy (non-hydrogen) atoms. The van der Waals surface area contributed by atoms with E-state index in [9.17, 15) is 23.5 Å². The third-order valence-corrected chi connectivity index (χ3v) is 5.03. The predicted molar refractivity (Wildman–Crippen MR) is 81.4 cm³/mol. The van der Waals surface area contributed by atoms with Crippen molar-refractivity contribution in [2.75, 3.05) is 13.2 Å². The van der Waals surface area contributed by atoms with Crippen molar-refractivity contribution in [3.63, 3.8) is 0 Å². The van der Waals surface area contributed by atoms with Crippen LogP contribution in [0.2, 0.25) is 0 Å². The molecule has 1 rings (SSSR count). The fraction of sp³-hybridized carbons (Fsp3) is 0.875. The Morgan fingerprint density at radius 2 is 1.83 bits per heavy atom. The fourth-order valence-electron chi connectivity index (χ4n) is 3.11. The van der Waals surface area contributed by atoms with Crippen molar-refractivity contribution in [2.24, 2.45) is 11.3 Å². The van der Waals surface area contributed by atoms with Crippen LogP contribution in [0.1, 0.15) is 52.9 Å². The van der Waals surface area contributed by atoms with Gasteiger partial charge in [-0.3, -0.25) is 4.79 Å². The second kappa shape index (κ2) is 8.04. The zero-order valence-electron chi connectivity index (χ0n) is 14.0. The Hall–Kier alpha value is -1.24. The van der Waals surface area contributed by atoms with E-state index < -0.39 is 29.2 Å². The van der Waals surface area contributed by atoms with Gasteiger partial charge < -0.3 is 15.2 Å². The van der Waals surface area contributed by atoms with Crippen LogP contribution in [0.3, 0.4) is 0 Å². The number of ether oxygens (including phenoxy) is 1. The van der Waals surface area contributed by atoms with Gasteiger partial charge in [0.15, 0.2) is 0 Å². The summed E-state index contributed by atoms with van der Waals surface area (Å²) in [6, 6.07) is -0.197. The Bertz CT molecular complexity index is 424. The molecule has 0 aromatic heterocycles. The van der Waals surface area contributed by atoms with Gasteiger partial charge in [-0.25, -0.2) is 4.79 Å². The van der Waals surface area contributed by atoms with E-state index in [-0.39, 0.29) is 32.0 Å². The molecular weight excluding hydrogens is 308 g/mol. The maximum absolute atomic E-state index is 14.0. The summed E-state index contributed by atoms with van der Waals surface area (Å²) in [5.41, 5.74) is -0.873. The summed E-state index contributed by atoms with van der Waals surface area (Å²) in [4.78, 5) is 22.8. The molecule has 5 nitrogen and oxygen atoms in total. The molecule has 0 bridgehead atoms.